The number of amides is 1. The number of nitrogens with zero attached hydrogens (tertiary/aromatic N) is 1. The number of aliphatic hydroxyl groups excluding tert-OH is 1. The second-order valence-electron chi connectivity index (χ2n) is 6.06. The van der Waals surface area contributed by atoms with Gasteiger partial charge >= 0.3 is 6.09 Å². The SMILES string of the molecule is CC(C)(C)OC(=O)N1CC2[C@H](C[C@@H](O)[C@@H]2F)C1. The summed E-state index contributed by atoms with van der Waals surface area (Å²) < 4.78 is 18.9. The summed E-state index contributed by atoms with van der Waals surface area (Å²) in [4.78, 5) is 13.4. The van der Waals surface area contributed by atoms with Crippen LogP contribution in [0.5, 0.6) is 0 Å². The predicted octanol–water partition coefficient (Wildman–Crippen LogP) is 1.57. The molecular weight excluding hydrogens is 225 g/mol. The van der Waals surface area contributed by atoms with Crippen LogP contribution in [0.15, 0.2) is 0 Å². The third-order valence-electron chi connectivity index (χ3n) is 3.46. The molecule has 0 aromatic carbocycles. The Kier molecular flexibility index (Phi) is 3.06. The summed E-state index contributed by atoms with van der Waals surface area (Å²) in [5.74, 6) is -0.148. The van der Waals surface area contributed by atoms with Gasteiger partial charge in [0.05, 0.1) is 6.10 Å². The number of carbonyl (C=O) groups is 1. The Morgan fingerprint density at radius 1 is 1.41 bits per heavy atom. The summed E-state index contributed by atoms with van der Waals surface area (Å²) in [6, 6.07) is 0. The zero-order valence-corrected chi connectivity index (χ0v) is 10.5. The molecule has 2 fully saturated rings. The van der Waals surface area contributed by atoms with Crippen molar-refractivity contribution in [2.75, 3.05) is 13.1 Å². The van der Waals surface area contributed by atoms with E-state index in [-0.39, 0.29) is 17.9 Å². The average Bonchev–Trinajstić information content (AvgIpc) is 2.66. The molecule has 2 aliphatic rings. The van der Waals surface area contributed by atoms with Crippen LogP contribution in [0.3, 0.4) is 0 Å². The number of fused-ring (bicyclic) bond motifs is 1. The molecule has 1 heterocycles. The molecule has 17 heavy (non-hydrogen) atoms. The van der Waals surface area contributed by atoms with Gasteiger partial charge in [0.1, 0.15) is 11.8 Å². The largest absolute Gasteiger partial charge is 0.444 e. The monoisotopic (exact) mass is 245 g/mol. The maximum atomic E-state index is 13.6. The third-order valence-corrected chi connectivity index (χ3v) is 3.46. The second-order valence-corrected chi connectivity index (χ2v) is 6.06. The molecule has 4 nitrogen and oxygen atoms in total. The van der Waals surface area contributed by atoms with Crippen LogP contribution < -0.4 is 0 Å². The molecule has 98 valence electrons. The summed E-state index contributed by atoms with van der Waals surface area (Å²) in [5, 5.41) is 9.41. The van der Waals surface area contributed by atoms with Crippen molar-refractivity contribution in [3.8, 4) is 0 Å². The molecule has 2 rings (SSSR count). The number of hydrogen-bond donors (Lipinski definition) is 1. The van der Waals surface area contributed by atoms with Crippen LogP contribution in [0.1, 0.15) is 27.2 Å². The Labute approximate surface area is 101 Å². The quantitative estimate of drug-likeness (QED) is 0.704. The van der Waals surface area contributed by atoms with Crippen LogP contribution in [0.2, 0.25) is 0 Å². The van der Waals surface area contributed by atoms with Gasteiger partial charge in [0, 0.05) is 19.0 Å². The molecule has 0 aromatic heterocycles. The van der Waals surface area contributed by atoms with Crippen molar-refractivity contribution in [3.05, 3.63) is 0 Å². The Morgan fingerprint density at radius 3 is 2.59 bits per heavy atom. The van der Waals surface area contributed by atoms with E-state index in [1.807, 2.05) is 20.8 Å². The van der Waals surface area contributed by atoms with Crippen molar-refractivity contribution in [1.29, 1.82) is 0 Å². The predicted molar refractivity (Wildman–Crippen MR) is 60.3 cm³/mol. The number of aliphatic hydroxyl groups is 1. The maximum Gasteiger partial charge on any atom is 0.410 e. The van der Waals surface area contributed by atoms with Gasteiger partial charge in [-0.1, -0.05) is 0 Å². The van der Waals surface area contributed by atoms with Crippen LogP contribution in [-0.2, 0) is 4.74 Å². The smallest absolute Gasteiger partial charge is 0.410 e. The molecule has 1 amide bonds. The fourth-order valence-corrected chi connectivity index (χ4v) is 2.71. The van der Waals surface area contributed by atoms with E-state index < -0.39 is 17.9 Å². The molecule has 0 aromatic rings. The van der Waals surface area contributed by atoms with Crippen molar-refractivity contribution in [2.24, 2.45) is 11.8 Å². The molecule has 1 aliphatic carbocycles. The van der Waals surface area contributed by atoms with Crippen molar-refractivity contribution >= 4 is 6.09 Å². The minimum Gasteiger partial charge on any atom is -0.444 e. The standard InChI is InChI=1S/C12H20FNO3/c1-12(2,3)17-11(16)14-5-7-4-9(15)10(13)8(7)6-14/h7-10,15H,4-6H2,1-3H3/t7-,8?,9-,10-/m1/s1. The van der Waals surface area contributed by atoms with Gasteiger partial charge in [0.15, 0.2) is 0 Å². The summed E-state index contributed by atoms with van der Waals surface area (Å²) in [6.07, 6.45) is -1.99. The molecule has 0 spiro atoms. The van der Waals surface area contributed by atoms with Crippen LogP contribution >= 0.6 is 0 Å². The highest BCUT2D eigenvalue weighted by atomic mass is 19.1. The summed E-state index contributed by atoms with van der Waals surface area (Å²) in [6.45, 7) is 6.28. The normalized spacial score (nSPS) is 37.1. The summed E-state index contributed by atoms with van der Waals surface area (Å²) >= 11 is 0. The first-order chi connectivity index (χ1) is 7.78. The van der Waals surface area contributed by atoms with Gasteiger partial charge in [-0.15, -0.1) is 0 Å². The molecule has 1 unspecified atom stereocenters. The molecule has 5 heteroatoms. The van der Waals surface area contributed by atoms with Gasteiger partial charge in [-0.2, -0.15) is 0 Å². The lowest BCUT2D eigenvalue weighted by Gasteiger charge is -2.25. The zero-order chi connectivity index (χ0) is 12.8. The fourth-order valence-electron chi connectivity index (χ4n) is 2.71. The topological polar surface area (TPSA) is 49.8 Å². The van der Waals surface area contributed by atoms with E-state index in [1.165, 1.54) is 0 Å². The minimum atomic E-state index is -1.20. The minimum absolute atomic E-state index is 0.0764. The molecule has 0 bridgehead atoms. The summed E-state index contributed by atoms with van der Waals surface area (Å²) in [7, 11) is 0. The fraction of sp³-hybridized carbons (Fsp3) is 0.917. The van der Waals surface area contributed by atoms with Crippen LogP contribution in [0.4, 0.5) is 9.18 Å². The zero-order valence-electron chi connectivity index (χ0n) is 10.5. The number of carbonyl (C=O) groups excluding carboxylic acids is 1. The first-order valence-electron chi connectivity index (χ1n) is 6.08. The number of ether oxygens (including phenoxy) is 1. The van der Waals surface area contributed by atoms with Crippen LogP contribution in [-0.4, -0.2) is 47.1 Å². The van der Waals surface area contributed by atoms with Gasteiger partial charge in [0.2, 0.25) is 0 Å². The molecule has 1 saturated heterocycles. The van der Waals surface area contributed by atoms with Gasteiger partial charge < -0.3 is 14.7 Å². The molecule has 0 radical (unpaired) electrons. The highest BCUT2D eigenvalue weighted by Gasteiger charge is 2.49. The lowest BCUT2D eigenvalue weighted by atomic mass is 10.0. The van der Waals surface area contributed by atoms with Gasteiger partial charge in [0.25, 0.3) is 0 Å². The van der Waals surface area contributed by atoms with Crippen molar-refractivity contribution < 1.29 is 19.0 Å². The van der Waals surface area contributed by atoms with Gasteiger partial charge in [-0.25, -0.2) is 9.18 Å². The van der Waals surface area contributed by atoms with Gasteiger partial charge in [-0.3, -0.25) is 0 Å². The lowest BCUT2D eigenvalue weighted by Crippen LogP contribution is -2.37. The first-order valence-corrected chi connectivity index (χ1v) is 6.08. The summed E-state index contributed by atoms with van der Waals surface area (Å²) in [5.41, 5.74) is -0.524. The molecule has 1 aliphatic heterocycles. The number of hydrogen-bond acceptors (Lipinski definition) is 3. The lowest BCUT2D eigenvalue weighted by molar-refractivity contribution is 0.0236. The number of likely N-dealkylation sites (tertiary alicyclic amines) is 1. The van der Waals surface area contributed by atoms with Crippen molar-refractivity contribution in [2.45, 2.75) is 45.1 Å². The second kappa shape index (κ2) is 4.12. The Hall–Kier alpha value is -0.840. The van der Waals surface area contributed by atoms with Crippen molar-refractivity contribution in [1.82, 2.24) is 4.90 Å². The molecule has 4 atom stereocenters. The van der Waals surface area contributed by atoms with Crippen LogP contribution in [0.25, 0.3) is 0 Å². The first kappa shape index (κ1) is 12.6. The number of halogens is 1. The van der Waals surface area contributed by atoms with E-state index in [0.717, 1.165) is 0 Å². The highest BCUT2D eigenvalue weighted by molar-refractivity contribution is 5.68. The Morgan fingerprint density at radius 2 is 2.06 bits per heavy atom. The van der Waals surface area contributed by atoms with E-state index in [2.05, 4.69) is 0 Å². The maximum absolute atomic E-state index is 13.6. The van der Waals surface area contributed by atoms with Gasteiger partial charge in [-0.05, 0) is 33.1 Å². The average molecular weight is 245 g/mol. The number of rotatable bonds is 0. The highest BCUT2D eigenvalue weighted by Crippen LogP contribution is 2.40. The Balaban J connectivity index is 1.94. The van der Waals surface area contributed by atoms with E-state index in [4.69, 9.17) is 4.74 Å². The Bertz CT molecular complexity index is 315. The number of alkyl halides is 1. The van der Waals surface area contributed by atoms with E-state index in [9.17, 15) is 14.3 Å². The van der Waals surface area contributed by atoms with E-state index in [1.54, 1.807) is 4.90 Å². The molecule has 1 saturated carbocycles. The molecular formula is C12H20FNO3. The van der Waals surface area contributed by atoms with Crippen molar-refractivity contribution in [3.63, 3.8) is 0 Å². The third kappa shape index (κ3) is 2.54. The molecule has 1 N–H and O–H groups in total. The van der Waals surface area contributed by atoms with E-state index in [0.29, 0.717) is 19.5 Å². The van der Waals surface area contributed by atoms with Crippen LogP contribution in [0, 0.1) is 11.8 Å². The van der Waals surface area contributed by atoms with E-state index >= 15 is 0 Å².